The average molecular weight is 422 g/mol. The molecule has 0 unspecified atom stereocenters. The van der Waals surface area contributed by atoms with Gasteiger partial charge in [-0.2, -0.15) is 0 Å². The quantitative estimate of drug-likeness (QED) is 0.408. The third-order valence-corrected chi connectivity index (χ3v) is 4.93. The third-order valence-electron chi connectivity index (χ3n) is 4.93. The van der Waals surface area contributed by atoms with Gasteiger partial charge in [0.25, 0.3) is 5.69 Å². The first-order valence-electron chi connectivity index (χ1n) is 9.95. The second-order valence-electron chi connectivity index (χ2n) is 7.26. The fourth-order valence-electron chi connectivity index (χ4n) is 3.16. The van der Waals surface area contributed by atoms with Gasteiger partial charge in [-0.25, -0.2) is 4.79 Å². The first kappa shape index (κ1) is 22.0. The number of aromatic nitrogens is 1. The van der Waals surface area contributed by atoms with E-state index in [0.29, 0.717) is 31.9 Å². The van der Waals surface area contributed by atoms with Crippen LogP contribution in [-0.4, -0.2) is 40.7 Å². The Labute approximate surface area is 181 Å². The van der Waals surface area contributed by atoms with Crippen molar-refractivity contribution in [2.45, 2.75) is 20.0 Å². The van der Waals surface area contributed by atoms with Gasteiger partial charge in [0, 0.05) is 49.9 Å². The molecule has 0 atom stereocenters. The summed E-state index contributed by atoms with van der Waals surface area (Å²) in [5, 5.41) is 13.6. The zero-order valence-electron chi connectivity index (χ0n) is 17.7. The van der Waals surface area contributed by atoms with Crippen molar-refractivity contribution in [2.75, 3.05) is 25.6 Å². The van der Waals surface area contributed by atoms with E-state index in [2.05, 4.69) is 41.1 Å². The minimum atomic E-state index is -0.474. The molecule has 0 aliphatic carbocycles. The highest BCUT2D eigenvalue weighted by Crippen LogP contribution is 2.17. The van der Waals surface area contributed by atoms with Gasteiger partial charge in [0.05, 0.1) is 18.1 Å². The molecule has 2 aromatic carbocycles. The van der Waals surface area contributed by atoms with Crippen molar-refractivity contribution in [3.05, 3.63) is 93.8 Å². The molecule has 1 aromatic heterocycles. The van der Waals surface area contributed by atoms with E-state index in [0.717, 1.165) is 5.69 Å². The fraction of sp³-hybridized carbons (Fsp3) is 0.261. The van der Waals surface area contributed by atoms with Crippen LogP contribution in [0.5, 0.6) is 0 Å². The molecule has 0 saturated heterocycles. The van der Waals surface area contributed by atoms with Crippen LogP contribution in [0.15, 0.2) is 66.9 Å². The summed E-state index contributed by atoms with van der Waals surface area (Å²) in [5.41, 5.74) is 3.86. The molecule has 8 heteroatoms. The molecule has 2 amide bonds. The van der Waals surface area contributed by atoms with Crippen molar-refractivity contribution in [3.63, 3.8) is 0 Å². The molecule has 0 bridgehead atoms. The maximum Gasteiger partial charge on any atom is 0.322 e. The lowest BCUT2D eigenvalue weighted by Gasteiger charge is -2.24. The summed E-state index contributed by atoms with van der Waals surface area (Å²) in [7, 11) is 1.59. The van der Waals surface area contributed by atoms with Gasteiger partial charge in [-0.05, 0) is 36.8 Å². The molecule has 0 spiro atoms. The summed E-state index contributed by atoms with van der Waals surface area (Å²) in [6.45, 7) is 3.98. The van der Waals surface area contributed by atoms with Crippen LogP contribution in [0.1, 0.15) is 16.8 Å². The number of urea groups is 1. The highest BCUT2D eigenvalue weighted by molar-refractivity contribution is 5.89. The number of benzene rings is 2. The Morgan fingerprint density at radius 2 is 1.84 bits per heavy atom. The summed E-state index contributed by atoms with van der Waals surface area (Å²) < 4.78 is 7.28. The normalized spacial score (nSPS) is 10.6. The Kier molecular flexibility index (Phi) is 7.40. The molecule has 1 N–H and O–H groups in total. The first-order chi connectivity index (χ1) is 15.0. The highest BCUT2D eigenvalue weighted by Gasteiger charge is 2.16. The van der Waals surface area contributed by atoms with E-state index in [4.69, 9.17) is 4.74 Å². The molecule has 0 radical (unpaired) electrons. The number of nitro benzene ring substituents is 1. The molecule has 31 heavy (non-hydrogen) atoms. The summed E-state index contributed by atoms with van der Waals surface area (Å²) in [5.74, 6) is 0. The number of methoxy groups -OCH3 is 1. The van der Waals surface area contributed by atoms with Crippen molar-refractivity contribution in [2.24, 2.45) is 0 Å². The molecule has 162 valence electrons. The van der Waals surface area contributed by atoms with Gasteiger partial charge in [0.15, 0.2) is 0 Å². The van der Waals surface area contributed by atoms with E-state index in [1.807, 2.05) is 18.3 Å². The van der Waals surface area contributed by atoms with Crippen molar-refractivity contribution in [1.82, 2.24) is 9.47 Å². The van der Waals surface area contributed by atoms with E-state index in [-0.39, 0.29) is 11.7 Å². The number of carbonyl (C=O) groups excluding carboxylic acids is 1. The summed E-state index contributed by atoms with van der Waals surface area (Å²) in [6, 6.07) is 17.8. The van der Waals surface area contributed by atoms with Gasteiger partial charge in [-0.15, -0.1) is 0 Å². The monoisotopic (exact) mass is 422 g/mol. The van der Waals surface area contributed by atoms with Gasteiger partial charge >= 0.3 is 6.03 Å². The maximum atomic E-state index is 12.9. The van der Waals surface area contributed by atoms with E-state index >= 15 is 0 Å². The standard InChI is InChI=1S/C23H26N4O4/c1-18-5-7-19(8-6-18)16-25-13-3-4-22(25)17-26(14-15-31-2)23(28)24-20-9-11-21(12-10-20)27(29)30/h3-13H,14-17H2,1-2H3,(H,24,28). The summed E-state index contributed by atoms with van der Waals surface area (Å²) in [6.07, 6.45) is 2.00. The number of hydrogen-bond donors (Lipinski definition) is 1. The second-order valence-corrected chi connectivity index (χ2v) is 7.26. The molecule has 0 aliphatic heterocycles. The molecular weight excluding hydrogens is 396 g/mol. The number of hydrogen-bond acceptors (Lipinski definition) is 4. The highest BCUT2D eigenvalue weighted by atomic mass is 16.6. The fourth-order valence-corrected chi connectivity index (χ4v) is 3.16. The Hall–Kier alpha value is -3.65. The summed E-state index contributed by atoms with van der Waals surface area (Å²) in [4.78, 5) is 24.9. The number of carbonyl (C=O) groups is 1. The number of anilines is 1. The predicted octanol–water partition coefficient (Wildman–Crippen LogP) is 4.43. The molecule has 0 fully saturated rings. The average Bonchev–Trinajstić information content (AvgIpc) is 3.19. The minimum absolute atomic E-state index is 0.0248. The van der Waals surface area contributed by atoms with Gasteiger partial charge < -0.3 is 19.5 Å². The molecule has 0 saturated carbocycles. The third kappa shape index (κ3) is 6.16. The number of ether oxygens (including phenoxy) is 1. The second kappa shape index (κ2) is 10.4. The van der Waals surface area contributed by atoms with Crippen molar-refractivity contribution < 1.29 is 14.5 Å². The zero-order chi connectivity index (χ0) is 22.2. The number of rotatable bonds is 9. The Morgan fingerprint density at radius 1 is 1.13 bits per heavy atom. The van der Waals surface area contributed by atoms with Crippen LogP contribution in [0.3, 0.4) is 0 Å². The molecule has 0 aliphatic rings. The van der Waals surface area contributed by atoms with E-state index in [1.165, 1.54) is 35.4 Å². The van der Waals surface area contributed by atoms with Crippen LogP contribution in [0, 0.1) is 17.0 Å². The Balaban J connectivity index is 1.71. The van der Waals surface area contributed by atoms with Crippen LogP contribution in [0.4, 0.5) is 16.2 Å². The Morgan fingerprint density at radius 3 is 2.48 bits per heavy atom. The first-order valence-corrected chi connectivity index (χ1v) is 9.95. The SMILES string of the molecule is COCCN(Cc1cccn1Cc1ccc(C)cc1)C(=O)Nc1ccc([N+](=O)[O-])cc1. The lowest BCUT2D eigenvalue weighted by molar-refractivity contribution is -0.384. The molecule has 8 nitrogen and oxygen atoms in total. The van der Waals surface area contributed by atoms with Crippen molar-refractivity contribution in [3.8, 4) is 0 Å². The van der Waals surface area contributed by atoms with Gasteiger partial charge in [0.2, 0.25) is 0 Å². The largest absolute Gasteiger partial charge is 0.383 e. The number of nitrogens with one attached hydrogen (secondary N) is 1. The molecular formula is C23H26N4O4. The molecule has 3 rings (SSSR count). The van der Waals surface area contributed by atoms with Crippen LogP contribution < -0.4 is 5.32 Å². The van der Waals surface area contributed by atoms with E-state index < -0.39 is 4.92 Å². The number of non-ortho nitro benzene ring substituents is 1. The predicted molar refractivity (Wildman–Crippen MR) is 119 cm³/mol. The Bertz CT molecular complexity index is 1010. The topological polar surface area (TPSA) is 89.6 Å². The number of amides is 2. The van der Waals surface area contributed by atoms with Crippen molar-refractivity contribution >= 4 is 17.4 Å². The van der Waals surface area contributed by atoms with Gasteiger partial charge in [-0.1, -0.05) is 29.8 Å². The number of nitrogens with zero attached hydrogens (tertiary/aromatic N) is 3. The smallest absolute Gasteiger partial charge is 0.322 e. The van der Waals surface area contributed by atoms with Crippen LogP contribution in [0.2, 0.25) is 0 Å². The lowest BCUT2D eigenvalue weighted by atomic mass is 10.1. The van der Waals surface area contributed by atoms with Crippen LogP contribution in [-0.2, 0) is 17.8 Å². The minimum Gasteiger partial charge on any atom is -0.383 e. The summed E-state index contributed by atoms with van der Waals surface area (Å²) >= 11 is 0. The van der Waals surface area contributed by atoms with E-state index in [1.54, 1.807) is 12.0 Å². The number of aryl methyl sites for hydroxylation is 1. The maximum absolute atomic E-state index is 12.9. The van der Waals surface area contributed by atoms with Gasteiger partial charge in [-0.3, -0.25) is 10.1 Å². The van der Waals surface area contributed by atoms with Crippen LogP contribution >= 0.6 is 0 Å². The van der Waals surface area contributed by atoms with Gasteiger partial charge in [0.1, 0.15) is 0 Å². The number of nitro groups is 1. The van der Waals surface area contributed by atoms with Crippen LogP contribution in [0.25, 0.3) is 0 Å². The zero-order valence-corrected chi connectivity index (χ0v) is 17.7. The van der Waals surface area contributed by atoms with E-state index in [9.17, 15) is 14.9 Å². The van der Waals surface area contributed by atoms with Crippen molar-refractivity contribution in [1.29, 1.82) is 0 Å². The lowest BCUT2D eigenvalue weighted by Crippen LogP contribution is -2.37. The molecule has 1 heterocycles. The molecule has 3 aromatic rings.